The zero-order valence-electron chi connectivity index (χ0n) is 19.8. The average molecular weight is 453 g/mol. The molecule has 0 spiro atoms. The number of phenolic OH excluding ortho intramolecular Hbond substituents is 1. The molecule has 0 saturated carbocycles. The van der Waals surface area contributed by atoms with E-state index >= 15 is 0 Å². The summed E-state index contributed by atoms with van der Waals surface area (Å²) in [6.45, 7) is 5.30. The zero-order valence-corrected chi connectivity index (χ0v) is 19.8. The number of amides is 1. The van der Waals surface area contributed by atoms with Gasteiger partial charge in [-0.25, -0.2) is 0 Å². The number of phenols is 1. The highest BCUT2D eigenvalue weighted by atomic mass is 16.5. The summed E-state index contributed by atoms with van der Waals surface area (Å²) in [5.74, 6) is -1.30. The van der Waals surface area contributed by atoms with Crippen LogP contribution in [0.4, 0.5) is 0 Å². The van der Waals surface area contributed by atoms with Crippen molar-refractivity contribution in [2.45, 2.75) is 32.2 Å². The van der Waals surface area contributed by atoms with E-state index in [9.17, 15) is 19.8 Å². The molecule has 1 amide bonds. The highest BCUT2D eigenvalue weighted by Crippen LogP contribution is 2.41. The number of Topliss-reactive ketones (excluding diaryl/α,β-unsaturated/α-hetero) is 1. The summed E-state index contributed by atoms with van der Waals surface area (Å²) < 4.78 is 5.10. The molecule has 7 heteroatoms. The van der Waals surface area contributed by atoms with E-state index in [0.29, 0.717) is 24.6 Å². The van der Waals surface area contributed by atoms with Crippen LogP contribution in [0.3, 0.4) is 0 Å². The number of aromatic hydroxyl groups is 1. The smallest absolute Gasteiger partial charge is 0.295 e. The summed E-state index contributed by atoms with van der Waals surface area (Å²) >= 11 is 0. The third kappa shape index (κ3) is 5.03. The highest BCUT2D eigenvalue weighted by molar-refractivity contribution is 6.46. The number of rotatable bonds is 8. The molecule has 176 valence electrons. The second-order valence-corrected chi connectivity index (χ2v) is 8.85. The Morgan fingerprint density at radius 2 is 1.79 bits per heavy atom. The standard InChI is InChI=1S/C26H32N2O5/c1-16(2)17-7-9-18(10-8-17)23-22(24(30)20-12-11-19(33-5)15-21(20)29)25(31)26(32)28(23)14-6-13-27(3)4/h7-12,15-16,23,29-30H,6,13-14H2,1-5H3/t23-/m1/s1. The maximum Gasteiger partial charge on any atom is 0.295 e. The van der Waals surface area contributed by atoms with Gasteiger partial charge in [-0.1, -0.05) is 38.1 Å². The predicted molar refractivity (Wildman–Crippen MR) is 127 cm³/mol. The maximum absolute atomic E-state index is 13.1. The Hall–Kier alpha value is -3.32. The fourth-order valence-corrected chi connectivity index (χ4v) is 4.06. The first kappa shape index (κ1) is 24.3. The van der Waals surface area contributed by atoms with Crippen LogP contribution < -0.4 is 4.74 Å². The highest BCUT2D eigenvalue weighted by Gasteiger charge is 2.46. The van der Waals surface area contributed by atoms with Crippen LogP contribution in [0.15, 0.2) is 48.0 Å². The molecule has 0 aromatic heterocycles. The molecule has 1 aliphatic rings. The Bertz CT molecular complexity index is 1060. The van der Waals surface area contributed by atoms with Gasteiger partial charge in [0.05, 0.1) is 24.3 Å². The van der Waals surface area contributed by atoms with E-state index in [1.165, 1.54) is 24.1 Å². The lowest BCUT2D eigenvalue weighted by molar-refractivity contribution is -0.139. The molecular weight excluding hydrogens is 420 g/mol. The molecule has 2 aromatic rings. The van der Waals surface area contributed by atoms with Gasteiger partial charge in [-0.15, -0.1) is 0 Å². The van der Waals surface area contributed by atoms with Crippen LogP contribution in [0, 0.1) is 0 Å². The Labute approximate surface area is 194 Å². The third-order valence-electron chi connectivity index (χ3n) is 5.92. The minimum absolute atomic E-state index is 0.0254. The number of aliphatic hydroxyl groups is 1. The summed E-state index contributed by atoms with van der Waals surface area (Å²) in [4.78, 5) is 29.6. The van der Waals surface area contributed by atoms with Crippen molar-refractivity contribution in [3.05, 3.63) is 64.7 Å². The number of likely N-dealkylation sites (tertiary alicyclic amines) is 1. The molecule has 1 saturated heterocycles. The number of methoxy groups -OCH3 is 1. The lowest BCUT2D eigenvalue weighted by Crippen LogP contribution is -2.32. The number of carbonyl (C=O) groups excluding carboxylic acids is 2. The Morgan fingerprint density at radius 3 is 2.33 bits per heavy atom. The Balaban J connectivity index is 2.12. The molecular formula is C26H32N2O5. The van der Waals surface area contributed by atoms with Crippen molar-refractivity contribution in [1.29, 1.82) is 0 Å². The summed E-state index contributed by atoms with van der Waals surface area (Å²) in [6, 6.07) is 11.4. The minimum atomic E-state index is -0.759. The number of aliphatic hydroxyl groups excluding tert-OH is 1. The minimum Gasteiger partial charge on any atom is -0.507 e. The molecule has 1 aliphatic heterocycles. The van der Waals surface area contributed by atoms with E-state index in [2.05, 4.69) is 13.8 Å². The molecule has 1 atom stereocenters. The van der Waals surface area contributed by atoms with Crippen molar-refractivity contribution in [2.24, 2.45) is 0 Å². The first-order chi connectivity index (χ1) is 15.6. The lowest BCUT2D eigenvalue weighted by atomic mass is 9.93. The van der Waals surface area contributed by atoms with Crippen LogP contribution in [0.5, 0.6) is 11.5 Å². The van der Waals surface area contributed by atoms with Gasteiger partial charge in [-0.3, -0.25) is 9.59 Å². The first-order valence-corrected chi connectivity index (χ1v) is 11.1. The van der Waals surface area contributed by atoms with Gasteiger partial charge in [0.15, 0.2) is 0 Å². The Kier molecular flexibility index (Phi) is 7.43. The topological polar surface area (TPSA) is 90.3 Å². The third-order valence-corrected chi connectivity index (χ3v) is 5.92. The van der Waals surface area contributed by atoms with Gasteiger partial charge < -0.3 is 24.7 Å². The number of benzene rings is 2. The zero-order chi connectivity index (χ0) is 24.3. The molecule has 7 nitrogen and oxygen atoms in total. The van der Waals surface area contributed by atoms with Crippen molar-refractivity contribution in [3.63, 3.8) is 0 Å². The second-order valence-electron chi connectivity index (χ2n) is 8.85. The first-order valence-electron chi connectivity index (χ1n) is 11.1. The number of nitrogens with zero attached hydrogens (tertiary/aromatic N) is 2. The van der Waals surface area contributed by atoms with Crippen molar-refractivity contribution in [2.75, 3.05) is 34.3 Å². The van der Waals surface area contributed by atoms with Gasteiger partial charge in [-0.05, 0) is 56.2 Å². The normalized spacial score (nSPS) is 17.9. The fraction of sp³-hybridized carbons (Fsp3) is 0.385. The van der Waals surface area contributed by atoms with Crippen molar-refractivity contribution in [1.82, 2.24) is 9.80 Å². The molecule has 0 unspecified atom stereocenters. The van der Waals surface area contributed by atoms with Crippen LogP contribution in [0.1, 0.15) is 48.9 Å². The summed E-state index contributed by atoms with van der Waals surface area (Å²) in [5.41, 5.74) is 1.92. The van der Waals surface area contributed by atoms with Gasteiger partial charge in [0, 0.05) is 12.6 Å². The number of hydrogen-bond acceptors (Lipinski definition) is 6. The van der Waals surface area contributed by atoms with Gasteiger partial charge in [0.1, 0.15) is 17.3 Å². The molecule has 2 N–H and O–H groups in total. The molecule has 1 fully saturated rings. The molecule has 3 rings (SSSR count). The van der Waals surface area contributed by atoms with Crippen molar-refractivity contribution >= 4 is 17.4 Å². The lowest BCUT2D eigenvalue weighted by Gasteiger charge is -2.26. The van der Waals surface area contributed by atoms with E-state index < -0.39 is 23.5 Å². The van der Waals surface area contributed by atoms with E-state index in [0.717, 1.165) is 17.7 Å². The predicted octanol–water partition coefficient (Wildman–Crippen LogP) is 3.90. The quantitative estimate of drug-likeness (QED) is 0.359. The molecule has 0 radical (unpaired) electrons. The van der Waals surface area contributed by atoms with Crippen LogP contribution in [0.2, 0.25) is 0 Å². The summed E-state index contributed by atoms with van der Waals surface area (Å²) in [7, 11) is 5.36. The molecule has 2 aromatic carbocycles. The van der Waals surface area contributed by atoms with Gasteiger partial charge in [0.2, 0.25) is 0 Å². The van der Waals surface area contributed by atoms with E-state index in [1.54, 1.807) is 6.07 Å². The molecule has 33 heavy (non-hydrogen) atoms. The number of ether oxygens (including phenoxy) is 1. The van der Waals surface area contributed by atoms with E-state index in [4.69, 9.17) is 4.74 Å². The average Bonchev–Trinajstić information content (AvgIpc) is 3.03. The van der Waals surface area contributed by atoms with Gasteiger partial charge in [-0.2, -0.15) is 0 Å². The van der Waals surface area contributed by atoms with Gasteiger partial charge >= 0.3 is 0 Å². The molecule has 1 heterocycles. The largest absolute Gasteiger partial charge is 0.507 e. The molecule has 0 bridgehead atoms. The van der Waals surface area contributed by atoms with Gasteiger partial charge in [0.25, 0.3) is 11.7 Å². The van der Waals surface area contributed by atoms with Crippen LogP contribution in [0.25, 0.3) is 5.76 Å². The fourth-order valence-electron chi connectivity index (χ4n) is 4.06. The summed E-state index contributed by atoms with van der Waals surface area (Å²) in [5, 5.41) is 21.6. The number of carbonyl (C=O) groups is 2. The maximum atomic E-state index is 13.1. The monoisotopic (exact) mass is 452 g/mol. The van der Waals surface area contributed by atoms with Crippen molar-refractivity contribution in [3.8, 4) is 11.5 Å². The number of hydrogen-bond donors (Lipinski definition) is 2. The SMILES string of the molecule is COc1ccc(C(O)=C2C(=O)C(=O)N(CCCN(C)C)[C@@H]2c2ccc(C(C)C)cc2)c(O)c1. The van der Waals surface area contributed by atoms with E-state index in [1.807, 2.05) is 43.3 Å². The Morgan fingerprint density at radius 1 is 1.12 bits per heavy atom. The number of ketones is 1. The van der Waals surface area contributed by atoms with Crippen molar-refractivity contribution < 1.29 is 24.5 Å². The molecule has 0 aliphatic carbocycles. The summed E-state index contributed by atoms with van der Waals surface area (Å²) in [6.07, 6.45) is 0.675. The van der Waals surface area contributed by atoms with E-state index in [-0.39, 0.29) is 16.9 Å². The van der Waals surface area contributed by atoms with Crippen LogP contribution >= 0.6 is 0 Å². The van der Waals surface area contributed by atoms with Crippen LogP contribution in [-0.2, 0) is 9.59 Å². The second kappa shape index (κ2) is 10.1. The van der Waals surface area contributed by atoms with Crippen LogP contribution in [-0.4, -0.2) is 66.0 Å².